The molecule has 1 aliphatic carbocycles. The maximum Gasteiger partial charge on any atom is 0.266 e. The van der Waals surface area contributed by atoms with E-state index in [2.05, 4.69) is 0 Å². The van der Waals surface area contributed by atoms with Crippen LogP contribution >= 0.6 is 24.0 Å². The Labute approximate surface area is 175 Å². The van der Waals surface area contributed by atoms with Crippen LogP contribution in [0.1, 0.15) is 43.2 Å². The normalized spacial score (nSPS) is 19.4. The Hall–Kier alpha value is -2.11. The molecule has 0 unspecified atom stereocenters. The summed E-state index contributed by atoms with van der Waals surface area (Å²) < 4.78 is 6.60. The van der Waals surface area contributed by atoms with E-state index in [0.29, 0.717) is 15.8 Å². The Bertz CT molecular complexity index is 888. The van der Waals surface area contributed by atoms with Crippen molar-refractivity contribution in [3.8, 4) is 5.75 Å². The molecule has 1 saturated carbocycles. The van der Waals surface area contributed by atoms with Crippen molar-refractivity contribution < 1.29 is 9.53 Å². The molecular formula is C23H23NO2S2. The van der Waals surface area contributed by atoms with Gasteiger partial charge in [0.1, 0.15) is 16.7 Å². The van der Waals surface area contributed by atoms with E-state index in [9.17, 15) is 4.79 Å². The predicted molar refractivity (Wildman–Crippen MR) is 119 cm³/mol. The molecule has 2 aliphatic rings. The second kappa shape index (κ2) is 8.93. The summed E-state index contributed by atoms with van der Waals surface area (Å²) in [5.74, 6) is 0.845. The van der Waals surface area contributed by atoms with Gasteiger partial charge in [-0.2, -0.15) is 0 Å². The monoisotopic (exact) mass is 409 g/mol. The topological polar surface area (TPSA) is 29.5 Å². The first-order valence-electron chi connectivity index (χ1n) is 9.74. The highest BCUT2D eigenvalue weighted by atomic mass is 32.2. The quantitative estimate of drug-likeness (QED) is 0.461. The van der Waals surface area contributed by atoms with E-state index in [0.717, 1.165) is 29.7 Å². The lowest BCUT2D eigenvalue weighted by Crippen LogP contribution is -2.39. The number of carbonyl (C=O) groups is 1. The molecule has 1 amide bonds. The molecule has 0 aromatic heterocycles. The molecule has 0 spiro atoms. The zero-order valence-corrected chi connectivity index (χ0v) is 17.3. The number of hydrogen-bond acceptors (Lipinski definition) is 4. The first kappa shape index (κ1) is 19.2. The number of amides is 1. The molecule has 1 heterocycles. The largest absolute Gasteiger partial charge is 0.489 e. The molecule has 4 rings (SSSR count). The Morgan fingerprint density at radius 3 is 2.64 bits per heavy atom. The van der Waals surface area contributed by atoms with E-state index in [-0.39, 0.29) is 11.9 Å². The van der Waals surface area contributed by atoms with Crippen molar-refractivity contribution in [3.05, 3.63) is 70.6 Å². The SMILES string of the molecule is O=C1/C(=C\c2cccc(OCc3ccccc3)c2)SC(=S)N1C1CCCCC1. The zero-order valence-electron chi connectivity index (χ0n) is 15.7. The van der Waals surface area contributed by atoms with Crippen LogP contribution in [0.2, 0.25) is 0 Å². The van der Waals surface area contributed by atoms with Crippen LogP contribution < -0.4 is 4.74 Å². The fourth-order valence-electron chi connectivity index (χ4n) is 3.72. The highest BCUT2D eigenvalue weighted by molar-refractivity contribution is 8.26. The van der Waals surface area contributed by atoms with Crippen LogP contribution in [0.4, 0.5) is 0 Å². The predicted octanol–water partition coefficient (Wildman–Crippen LogP) is 5.80. The van der Waals surface area contributed by atoms with Gasteiger partial charge in [-0.1, -0.05) is 85.7 Å². The van der Waals surface area contributed by atoms with E-state index >= 15 is 0 Å². The number of benzene rings is 2. The lowest BCUT2D eigenvalue weighted by molar-refractivity contribution is -0.124. The summed E-state index contributed by atoms with van der Waals surface area (Å²) in [4.78, 5) is 15.5. The van der Waals surface area contributed by atoms with Crippen molar-refractivity contribution in [2.45, 2.75) is 44.8 Å². The highest BCUT2D eigenvalue weighted by Gasteiger charge is 2.37. The van der Waals surface area contributed by atoms with Crippen LogP contribution in [-0.2, 0) is 11.4 Å². The Morgan fingerprint density at radius 2 is 1.86 bits per heavy atom. The average Bonchev–Trinajstić information content (AvgIpc) is 3.01. The third-order valence-corrected chi connectivity index (χ3v) is 6.50. The average molecular weight is 410 g/mol. The van der Waals surface area contributed by atoms with E-state index in [1.54, 1.807) is 0 Å². The molecule has 2 fully saturated rings. The second-order valence-corrected chi connectivity index (χ2v) is 8.87. The van der Waals surface area contributed by atoms with Gasteiger partial charge in [0.15, 0.2) is 0 Å². The summed E-state index contributed by atoms with van der Waals surface area (Å²) in [7, 11) is 0. The van der Waals surface area contributed by atoms with Gasteiger partial charge in [0.2, 0.25) is 0 Å². The van der Waals surface area contributed by atoms with Gasteiger partial charge >= 0.3 is 0 Å². The van der Waals surface area contributed by atoms with Crippen molar-refractivity contribution in [2.75, 3.05) is 0 Å². The minimum Gasteiger partial charge on any atom is -0.489 e. The lowest BCUT2D eigenvalue weighted by atomic mass is 9.94. The standard InChI is InChI=1S/C23H23NO2S2/c25-22-21(28-23(27)24(22)19-11-5-2-6-12-19)15-18-10-7-13-20(14-18)26-16-17-8-3-1-4-9-17/h1,3-4,7-10,13-15,19H,2,5-6,11-12,16H2/b21-15+. The molecule has 1 saturated heterocycles. The number of rotatable bonds is 5. The molecule has 0 bridgehead atoms. The molecule has 0 radical (unpaired) electrons. The van der Waals surface area contributed by atoms with Crippen molar-refractivity contribution in [2.24, 2.45) is 0 Å². The smallest absolute Gasteiger partial charge is 0.266 e. The van der Waals surface area contributed by atoms with E-state index in [4.69, 9.17) is 17.0 Å². The van der Waals surface area contributed by atoms with Gasteiger partial charge in [-0.3, -0.25) is 9.69 Å². The number of carbonyl (C=O) groups excluding carboxylic acids is 1. The number of nitrogens with zero attached hydrogens (tertiary/aromatic N) is 1. The van der Waals surface area contributed by atoms with Gasteiger partial charge in [-0.25, -0.2) is 0 Å². The molecule has 0 atom stereocenters. The second-order valence-electron chi connectivity index (χ2n) is 7.19. The van der Waals surface area contributed by atoms with Crippen LogP contribution in [0.3, 0.4) is 0 Å². The molecular weight excluding hydrogens is 386 g/mol. The van der Waals surface area contributed by atoms with E-state index < -0.39 is 0 Å². The maximum absolute atomic E-state index is 12.9. The Morgan fingerprint density at radius 1 is 1.07 bits per heavy atom. The lowest BCUT2D eigenvalue weighted by Gasteiger charge is -2.29. The minimum absolute atomic E-state index is 0.0532. The molecule has 28 heavy (non-hydrogen) atoms. The van der Waals surface area contributed by atoms with Crippen LogP contribution in [0.15, 0.2) is 59.5 Å². The van der Waals surface area contributed by atoms with Crippen molar-refractivity contribution in [1.82, 2.24) is 4.90 Å². The number of ether oxygens (including phenoxy) is 1. The molecule has 0 N–H and O–H groups in total. The molecule has 144 valence electrons. The highest BCUT2D eigenvalue weighted by Crippen LogP contribution is 2.37. The molecule has 5 heteroatoms. The van der Waals surface area contributed by atoms with E-state index in [1.165, 1.54) is 31.0 Å². The van der Waals surface area contributed by atoms with Gasteiger partial charge in [0, 0.05) is 6.04 Å². The molecule has 2 aromatic rings. The number of thioether (sulfide) groups is 1. The van der Waals surface area contributed by atoms with Crippen LogP contribution in [0.25, 0.3) is 6.08 Å². The van der Waals surface area contributed by atoms with Gasteiger partial charge in [0.25, 0.3) is 5.91 Å². The first-order chi connectivity index (χ1) is 13.7. The molecule has 3 nitrogen and oxygen atoms in total. The van der Waals surface area contributed by atoms with Gasteiger partial charge < -0.3 is 4.74 Å². The van der Waals surface area contributed by atoms with Crippen LogP contribution in [-0.4, -0.2) is 21.2 Å². The molecule has 2 aromatic carbocycles. The summed E-state index contributed by atoms with van der Waals surface area (Å²) in [6.45, 7) is 0.522. The fourth-order valence-corrected chi connectivity index (χ4v) is 5.12. The third kappa shape index (κ3) is 4.47. The fraction of sp³-hybridized carbons (Fsp3) is 0.304. The van der Waals surface area contributed by atoms with Gasteiger partial charge in [-0.05, 0) is 42.2 Å². The summed E-state index contributed by atoms with van der Waals surface area (Å²) in [5.41, 5.74) is 2.08. The zero-order chi connectivity index (χ0) is 19.3. The molecule has 1 aliphatic heterocycles. The number of thiocarbonyl (C=S) groups is 1. The minimum atomic E-state index is 0.0532. The Balaban J connectivity index is 1.46. The number of hydrogen-bond donors (Lipinski definition) is 0. The van der Waals surface area contributed by atoms with Crippen molar-refractivity contribution >= 4 is 40.3 Å². The first-order valence-corrected chi connectivity index (χ1v) is 11.0. The van der Waals surface area contributed by atoms with Crippen molar-refractivity contribution in [3.63, 3.8) is 0 Å². The van der Waals surface area contributed by atoms with Crippen LogP contribution in [0, 0.1) is 0 Å². The maximum atomic E-state index is 12.9. The Kier molecular flexibility index (Phi) is 6.13. The van der Waals surface area contributed by atoms with Crippen molar-refractivity contribution in [1.29, 1.82) is 0 Å². The summed E-state index contributed by atoms with van der Waals surface area (Å²) in [6, 6.07) is 18.2. The summed E-state index contributed by atoms with van der Waals surface area (Å²) in [6.07, 6.45) is 7.67. The summed E-state index contributed by atoms with van der Waals surface area (Å²) in [5, 5.41) is 0. The van der Waals surface area contributed by atoms with E-state index in [1.807, 2.05) is 65.6 Å². The van der Waals surface area contributed by atoms with Gasteiger partial charge in [0.05, 0.1) is 4.91 Å². The summed E-state index contributed by atoms with van der Waals surface area (Å²) >= 11 is 6.93. The van der Waals surface area contributed by atoms with Gasteiger partial charge in [-0.15, -0.1) is 0 Å². The van der Waals surface area contributed by atoms with Crippen LogP contribution in [0.5, 0.6) is 5.75 Å². The third-order valence-electron chi connectivity index (χ3n) is 5.17.